The zero-order chi connectivity index (χ0) is 11.1. The Balaban J connectivity index is 2.67. The van der Waals surface area contributed by atoms with Crippen LogP contribution in [-0.4, -0.2) is 13.0 Å². The maximum Gasteiger partial charge on any atom is 0.241 e. The summed E-state index contributed by atoms with van der Waals surface area (Å²) in [6.45, 7) is 0. The van der Waals surface area contributed by atoms with Gasteiger partial charge in [-0.05, 0) is 17.7 Å². The molecule has 0 unspecified atom stereocenters. The Hall–Kier alpha value is -2.03. The van der Waals surface area contributed by atoms with E-state index >= 15 is 0 Å². The molecule has 0 atom stereocenters. The predicted molar refractivity (Wildman–Crippen MR) is 60.4 cm³/mol. The number of hydrogen-bond donors (Lipinski definition) is 1. The first kappa shape index (κ1) is 11.0. The van der Waals surface area contributed by atoms with Gasteiger partial charge in [0.2, 0.25) is 5.91 Å². The molecule has 0 fully saturated rings. The average molecular weight is 203 g/mol. The van der Waals surface area contributed by atoms with Gasteiger partial charge < -0.3 is 10.5 Å². The molecule has 78 valence electrons. The van der Waals surface area contributed by atoms with E-state index in [9.17, 15) is 4.79 Å². The van der Waals surface area contributed by atoms with E-state index in [-0.39, 0.29) is 0 Å². The fourth-order valence-corrected chi connectivity index (χ4v) is 1.06. The van der Waals surface area contributed by atoms with Gasteiger partial charge in [-0.3, -0.25) is 4.79 Å². The molecule has 1 rings (SSSR count). The number of methoxy groups -OCH3 is 1. The van der Waals surface area contributed by atoms with Gasteiger partial charge in [0, 0.05) is 6.08 Å². The molecular formula is C12H13NO2. The molecule has 1 aromatic carbocycles. The monoisotopic (exact) mass is 203 g/mol. The van der Waals surface area contributed by atoms with Crippen molar-refractivity contribution in [2.24, 2.45) is 5.73 Å². The zero-order valence-corrected chi connectivity index (χ0v) is 8.51. The van der Waals surface area contributed by atoms with Crippen molar-refractivity contribution in [2.75, 3.05) is 7.11 Å². The lowest BCUT2D eigenvalue weighted by molar-refractivity contribution is -0.113. The molecule has 3 nitrogen and oxygen atoms in total. The Kier molecular flexibility index (Phi) is 4.16. The van der Waals surface area contributed by atoms with Gasteiger partial charge in [-0.1, -0.05) is 30.4 Å². The highest BCUT2D eigenvalue weighted by Gasteiger charge is 1.90. The molecule has 1 amide bonds. The number of primary amides is 1. The van der Waals surface area contributed by atoms with Crippen LogP contribution in [0.5, 0.6) is 5.75 Å². The molecule has 0 aromatic heterocycles. The molecule has 1 aromatic rings. The number of hydrogen-bond acceptors (Lipinski definition) is 2. The van der Waals surface area contributed by atoms with Gasteiger partial charge in [-0.15, -0.1) is 0 Å². The van der Waals surface area contributed by atoms with Crippen molar-refractivity contribution in [3.05, 3.63) is 48.1 Å². The van der Waals surface area contributed by atoms with E-state index in [0.717, 1.165) is 11.3 Å². The standard InChI is InChI=1S/C12H13NO2/c1-15-11-7-4-6-10(9-11)5-2-3-8-12(13)14/h2-9H,1H3,(H2,13,14). The molecule has 0 saturated carbocycles. The first-order chi connectivity index (χ1) is 7.22. The Labute approximate surface area is 88.9 Å². The highest BCUT2D eigenvalue weighted by atomic mass is 16.5. The van der Waals surface area contributed by atoms with Crippen LogP contribution in [-0.2, 0) is 4.79 Å². The number of rotatable bonds is 4. The molecule has 0 radical (unpaired) electrons. The van der Waals surface area contributed by atoms with Crippen LogP contribution in [0.25, 0.3) is 6.08 Å². The summed E-state index contributed by atoms with van der Waals surface area (Å²) in [6, 6.07) is 7.61. The van der Waals surface area contributed by atoms with E-state index in [1.165, 1.54) is 6.08 Å². The summed E-state index contributed by atoms with van der Waals surface area (Å²) in [5.74, 6) is 0.348. The van der Waals surface area contributed by atoms with Gasteiger partial charge >= 0.3 is 0 Å². The van der Waals surface area contributed by atoms with E-state index in [4.69, 9.17) is 10.5 Å². The summed E-state index contributed by atoms with van der Waals surface area (Å²) in [5, 5.41) is 0. The first-order valence-electron chi connectivity index (χ1n) is 4.50. The lowest BCUT2D eigenvalue weighted by Crippen LogP contribution is -2.04. The normalized spacial score (nSPS) is 11.0. The summed E-state index contributed by atoms with van der Waals surface area (Å²) in [6.07, 6.45) is 6.51. The number of ether oxygens (including phenoxy) is 1. The predicted octanol–water partition coefficient (Wildman–Crippen LogP) is 1.75. The van der Waals surface area contributed by atoms with Crippen molar-refractivity contribution in [3.63, 3.8) is 0 Å². The fourth-order valence-electron chi connectivity index (χ4n) is 1.06. The van der Waals surface area contributed by atoms with Crippen LogP contribution in [0.3, 0.4) is 0 Å². The second-order valence-electron chi connectivity index (χ2n) is 2.90. The Morgan fingerprint density at radius 1 is 1.40 bits per heavy atom. The molecule has 15 heavy (non-hydrogen) atoms. The second kappa shape index (κ2) is 5.65. The van der Waals surface area contributed by atoms with Crippen molar-refractivity contribution >= 4 is 12.0 Å². The molecule has 2 N–H and O–H groups in total. The van der Waals surface area contributed by atoms with Crippen LogP contribution in [0.2, 0.25) is 0 Å². The Morgan fingerprint density at radius 2 is 2.20 bits per heavy atom. The number of amides is 1. The number of benzene rings is 1. The van der Waals surface area contributed by atoms with E-state index in [1.54, 1.807) is 19.3 Å². The van der Waals surface area contributed by atoms with E-state index in [2.05, 4.69) is 0 Å². The number of allylic oxidation sites excluding steroid dienone is 2. The molecule has 0 heterocycles. The van der Waals surface area contributed by atoms with Crippen molar-refractivity contribution in [2.45, 2.75) is 0 Å². The largest absolute Gasteiger partial charge is 0.497 e. The average Bonchev–Trinajstić information content (AvgIpc) is 2.24. The Bertz CT molecular complexity index is 394. The molecule has 3 heteroatoms. The maximum atomic E-state index is 10.4. The van der Waals surface area contributed by atoms with Crippen LogP contribution >= 0.6 is 0 Å². The van der Waals surface area contributed by atoms with Crippen molar-refractivity contribution < 1.29 is 9.53 Å². The number of carbonyl (C=O) groups is 1. The minimum atomic E-state index is -0.453. The minimum absolute atomic E-state index is 0.453. The molecular weight excluding hydrogens is 190 g/mol. The summed E-state index contributed by atoms with van der Waals surface area (Å²) in [5.41, 5.74) is 5.94. The van der Waals surface area contributed by atoms with Crippen molar-refractivity contribution in [3.8, 4) is 5.75 Å². The molecule has 0 aliphatic carbocycles. The first-order valence-corrected chi connectivity index (χ1v) is 4.50. The third-order valence-corrected chi connectivity index (χ3v) is 1.75. The summed E-state index contributed by atoms with van der Waals surface area (Å²) >= 11 is 0. The van der Waals surface area contributed by atoms with Crippen molar-refractivity contribution in [1.82, 2.24) is 0 Å². The quantitative estimate of drug-likeness (QED) is 0.598. The van der Waals surface area contributed by atoms with Crippen LogP contribution in [0.4, 0.5) is 0 Å². The third-order valence-electron chi connectivity index (χ3n) is 1.75. The minimum Gasteiger partial charge on any atom is -0.497 e. The Morgan fingerprint density at radius 3 is 2.87 bits per heavy atom. The molecule has 0 spiro atoms. The van der Waals surface area contributed by atoms with Gasteiger partial charge in [0.25, 0.3) is 0 Å². The summed E-state index contributed by atoms with van der Waals surface area (Å²) in [4.78, 5) is 10.4. The topological polar surface area (TPSA) is 52.3 Å². The van der Waals surface area contributed by atoms with Crippen LogP contribution in [0, 0.1) is 0 Å². The SMILES string of the molecule is COc1cccc(C=CC=CC(N)=O)c1. The van der Waals surface area contributed by atoms with Crippen LogP contribution < -0.4 is 10.5 Å². The lowest BCUT2D eigenvalue weighted by Gasteiger charge is -1.99. The molecule has 0 aliphatic rings. The van der Waals surface area contributed by atoms with Gasteiger partial charge in [0.05, 0.1) is 7.11 Å². The maximum absolute atomic E-state index is 10.4. The number of carbonyl (C=O) groups excluding carboxylic acids is 1. The summed E-state index contributed by atoms with van der Waals surface area (Å²) < 4.78 is 5.07. The smallest absolute Gasteiger partial charge is 0.241 e. The van der Waals surface area contributed by atoms with Gasteiger partial charge in [0.1, 0.15) is 5.75 Å². The van der Waals surface area contributed by atoms with Crippen molar-refractivity contribution in [1.29, 1.82) is 0 Å². The second-order valence-corrected chi connectivity index (χ2v) is 2.90. The van der Waals surface area contributed by atoms with Crippen LogP contribution in [0.15, 0.2) is 42.5 Å². The van der Waals surface area contributed by atoms with Gasteiger partial charge in [-0.2, -0.15) is 0 Å². The van der Waals surface area contributed by atoms with Crippen LogP contribution in [0.1, 0.15) is 5.56 Å². The number of nitrogens with two attached hydrogens (primary N) is 1. The lowest BCUT2D eigenvalue weighted by atomic mass is 10.2. The highest BCUT2D eigenvalue weighted by Crippen LogP contribution is 2.13. The fraction of sp³-hybridized carbons (Fsp3) is 0.0833. The van der Waals surface area contributed by atoms with E-state index in [0.29, 0.717) is 0 Å². The molecule has 0 saturated heterocycles. The molecule has 0 aliphatic heterocycles. The molecule has 0 bridgehead atoms. The van der Waals surface area contributed by atoms with Gasteiger partial charge in [0.15, 0.2) is 0 Å². The zero-order valence-electron chi connectivity index (χ0n) is 8.51. The van der Waals surface area contributed by atoms with E-state index in [1.807, 2.05) is 30.3 Å². The van der Waals surface area contributed by atoms with Gasteiger partial charge in [-0.25, -0.2) is 0 Å². The summed E-state index contributed by atoms with van der Waals surface area (Å²) in [7, 11) is 1.62. The highest BCUT2D eigenvalue weighted by molar-refractivity contribution is 5.86. The van der Waals surface area contributed by atoms with E-state index < -0.39 is 5.91 Å². The third kappa shape index (κ3) is 4.13.